The maximum atomic E-state index is 10.6. The fraction of sp³-hybridized carbons (Fsp3) is 0.118. The van der Waals surface area contributed by atoms with Gasteiger partial charge in [0.15, 0.2) is 11.5 Å². The van der Waals surface area contributed by atoms with Crippen LogP contribution in [0.5, 0.6) is 11.5 Å². The molecule has 0 heterocycles. The molecule has 1 N–H and O–H groups in total. The van der Waals surface area contributed by atoms with Gasteiger partial charge in [0.1, 0.15) is 6.61 Å². The molecule has 0 amide bonds. The molecule has 114 valence electrons. The Labute approximate surface area is 133 Å². The Morgan fingerprint density at radius 2 is 2.00 bits per heavy atom. The van der Waals surface area contributed by atoms with E-state index in [0.29, 0.717) is 28.7 Å². The van der Waals surface area contributed by atoms with Crippen molar-refractivity contribution < 1.29 is 19.4 Å². The third-order valence-corrected chi connectivity index (χ3v) is 3.18. The van der Waals surface area contributed by atoms with E-state index < -0.39 is 5.97 Å². The Morgan fingerprint density at radius 1 is 1.27 bits per heavy atom. The van der Waals surface area contributed by atoms with Crippen LogP contribution < -0.4 is 9.47 Å². The molecule has 0 aromatic heterocycles. The first kappa shape index (κ1) is 15.9. The molecule has 0 bridgehead atoms. The number of carboxylic acid groups (broad SMARTS) is 1. The number of aliphatic carboxylic acids is 1. The second-order valence-corrected chi connectivity index (χ2v) is 4.89. The molecule has 4 nitrogen and oxygen atoms in total. The monoisotopic (exact) mass is 318 g/mol. The van der Waals surface area contributed by atoms with Crippen LogP contribution in [0.4, 0.5) is 0 Å². The number of hydrogen-bond acceptors (Lipinski definition) is 3. The molecule has 2 aromatic rings. The first-order chi connectivity index (χ1) is 10.6. The summed E-state index contributed by atoms with van der Waals surface area (Å²) in [5.41, 5.74) is 1.63. The van der Waals surface area contributed by atoms with Crippen LogP contribution in [0.1, 0.15) is 11.1 Å². The Bertz CT molecular complexity index is 681. The first-order valence-electron chi connectivity index (χ1n) is 6.55. The molecular weight excluding hydrogens is 304 g/mol. The van der Waals surface area contributed by atoms with Gasteiger partial charge in [-0.1, -0.05) is 41.9 Å². The van der Waals surface area contributed by atoms with E-state index in [1.165, 1.54) is 13.2 Å². The van der Waals surface area contributed by atoms with E-state index in [2.05, 4.69) is 0 Å². The minimum Gasteiger partial charge on any atom is -0.493 e. The fourth-order valence-electron chi connectivity index (χ4n) is 1.87. The summed E-state index contributed by atoms with van der Waals surface area (Å²) in [5.74, 6) is -0.145. The lowest BCUT2D eigenvalue weighted by atomic mass is 10.2. The van der Waals surface area contributed by atoms with Crippen LogP contribution in [0.25, 0.3) is 6.08 Å². The van der Waals surface area contributed by atoms with Crippen molar-refractivity contribution in [1.82, 2.24) is 0 Å². The summed E-state index contributed by atoms with van der Waals surface area (Å²) in [7, 11) is 1.51. The van der Waals surface area contributed by atoms with E-state index in [1.54, 1.807) is 12.1 Å². The topological polar surface area (TPSA) is 55.8 Å². The van der Waals surface area contributed by atoms with Gasteiger partial charge in [-0.25, -0.2) is 4.79 Å². The third kappa shape index (κ3) is 4.27. The predicted octanol–water partition coefficient (Wildman–Crippen LogP) is 4.03. The number of ether oxygens (including phenoxy) is 2. The highest BCUT2D eigenvalue weighted by Crippen LogP contribution is 2.37. The SMILES string of the molecule is COc1cc(C=CC(=O)O)cc(Cl)c1OCc1ccccc1. The van der Waals surface area contributed by atoms with Crippen molar-refractivity contribution in [2.75, 3.05) is 7.11 Å². The van der Waals surface area contributed by atoms with E-state index >= 15 is 0 Å². The average Bonchev–Trinajstić information content (AvgIpc) is 2.52. The maximum Gasteiger partial charge on any atom is 0.328 e. The summed E-state index contributed by atoms with van der Waals surface area (Å²) in [6.45, 7) is 0.362. The molecule has 0 saturated carbocycles. The van der Waals surface area contributed by atoms with Crippen molar-refractivity contribution in [3.8, 4) is 11.5 Å². The molecule has 0 aliphatic heterocycles. The summed E-state index contributed by atoms with van der Waals surface area (Å²) >= 11 is 6.21. The molecule has 0 radical (unpaired) electrons. The van der Waals surface area contributed by atoms with E-state index in [1.807, 2.05) is 30.3 Å². The molecule has 0 atom stereocenters. The number of hydrogen-bond donors (Lipinski definition) is 1. The fourth-order valence-corrected chi connectivity index (χ4v) is 2.15. The molecule has 0 aliphatic rings. The molecule has 0 unspecified atom stereocenters. The van der Waals surface area contributed by atoms with Crippen molar-refractivity contribution >= 4 is 23.6 Å². The molecule has 2 rings (SSSR count). The second-order valence-electron chi connectivity index (χ2n) is 4.48. The standard InChI is InChI=1S/C17H15ClO4/c1-21-15-10-13(7-8-16(19)20)9-14(18)17(15)22-11-12-5-3-2-4-6-12/h2-10H,11H2,1H3,(H,19,20). The molecule has 22 heavy (non-hydrogen) atoms. The van der Waals surface area contributed by atoms with Gasteiger partial charge in [-0.05, 0) is 29.3 Å². The van der Waals surface area contributed by atoms with Crippen LogP contribution >= 0.6 is 11.6 Å². The highest BCUT2D eigenvalue weighted by atomic mass is 35.5. The largest absolute Gasteiger partial charge is 0.493 e. The van der Waals surface area contributed by atoms with Crippen molar-refractivity contribution in [1.29, 1.82) is 0 Å². The quantitative estimate of drug-likeness (QED) is 0.817. The molecule has 0 saturated heterocycles. The van der Waals surface area contributed by atoms with E-state index in [4.69, 9.17) is 26.2 Å². The van der Waals surface area contributed by atoms with Gasteiger partial charge in [0.05, 0.1) is 12.1 Å². The van der Waals surface area contributed by atoms with Crippen molar-refractivity contribution in [2.24, 2.45) is 0 Å². The Hall–Kier alpha value is -2.46. The lowest BCUT2D eigenvalue weighted by Crippen LogP contribution is -1.99. The second kappa shape index (κ2) is 7.52. The van der Waals surface area contributed by atoms with Crippen molar-refractivity contribution in [3.05, 3.63) is 64.7 Å². The molecule has 0 spiro atoms. The molecular formula is C17H15ClO4. The zero-order valence-electron chi connectivity index (χ0n) is 12.0. The molecule has 5 heteroatoms. The van der Waals surface area contributed by atoms with Crippen LogP contribution in [0.3, 0.4) is 0 Å². The van der Waals surface area contributed by atoms with Crippen LogP contribution in [-0.4, -0.2) is 18.2 Å². The van der Waals surface area contributed by atoms with Gasteiger partial charge in [-0.15, -0.1) is 0 Å². The average molecular weight is 319 g/mol. The number of carboxylic acids is 1. The van der Waals surface area contributed by atoms with Crippen LogP contribution in [-0.2, 0) is 11.4 Å². The smallest absolute Gasteiger partial charge is 0.328 e. The van der Waals surface area contributed by atoms with Crippen molar-refractivity contribution in [3.63, 3.8) is 0 Å². The Kier molecular flexibility index (Phi) is 5.44. The third-order valence-electron chi connectivity index (χ3n) is 2.90. The van der Waals surface area contributed by atoms with Gasteiger partial charge in [-0.2, -0.15) is 0 Å². The van der Waals surface area contributed by atoms with Gasteiger partial charge >= 0.3 is 5.97 Å². The minimum absolute atomic E-state index is 0.361. The summed E-state index contributed by atoms with van der Waals surface area (Å²) in [6, 6.07) is 13.0. The lowest BCUT2D eigenvalue weighted by Gasteiger charge is -2.13. The highest BCUT2D eigenvalue weighted by Gasteiger charge is 2.11. The van der Waals surface area contributed by atoms with Crippen molar-refractivity contribution in [2.45, 2.75) is 6.61 Å². The predicted molar refractivity (Wildman–Crippen MR) is 85.4 cm³/mol. The minimum atomic E-state index is -1.03. The van der Waals surface area contributed by atoms with Crippen LogP contribution in [0.15, 0.2) is 48.5 Å². The molecule has 0 fully saturated rings. The summed E-state index contributed by atoms with van der Waals surface area (Å²) in [4.78, 5) is 10.6. The van der Waals surface area contributed by atoms with Gasteiger partial charge in [0, 0.05) is 6.08 Å². The van der Waals surface area contributed by atoms with Gasteiger partial charge in [-0.3, -0.25) is 0 Å². The summed E-state index contributed by atoms with van der Waals surface area (Å²) in [6.07, 6.45) is 2.48. The molecule has 0 aliphatic carbocycles. The number of carbonyl (C=O) groups is 1. The first-order valence-corrected chi connectivity index (χ1v) is 6.93. The Morgan fingerprint density at radius 3 is 2.64 bits per heavy atom. The zero-order chi connectivity index (χ0) is 15.9. The number of methoxy groups -OCH3 is 1. The van der Waals surface area contributed by atoms with E-state index in [9.17, 15) is 4.79 Å². The normalized spacial score (nSPS) is 10.6. The van der Waals surface area contributed by atoms with Crippen LogP contribution in [0.2, 0.25) is 5.02 Å². The summed E-state index contributed by atoms with van der Waals surface area (Å²) < 4.78 is 11.0. The van der Waals surface area contributed by atoms with Gasteiger partial charge in [0.2, 0.25) is 0 Å². The van der Waals surface area contributed by atoms with Crippen LogP contribution in [0, 0.1) is 0 Å². The van der Waals surface area contributed by atoms with Gasteiger partial charge < -0.3 is 14.6 Å². The highest BCUT2D eigenvalue weighted by molar-refractivity contribution is 6.32. The summed E-state index contributed by atoms with van der Waals surface area (Å²) in [5, 5.41) is 9.02. The van der Waals surface area contributed by atoms with Gasteiger partial charge in [0.25, 0.3) is 0 Å². The Balaban J connectivity index is 2.22. The molecule has 2 aromatic carbocycles. The zero-order valence-corrected chi connectivity index (χ0v) is 12.7. The number of benzene rings is 2. The number of rotatable bonds is 6. The van der Waals surface area contributed by atoms with E-state index in [0.717, 1.165) is 11.6 Å². The lowest BCUT2D eigenvalue weighted by molar-refractivity contribution is -0.131. The maximum absolute atomic E-state index is 10.6. The van der Waals surface area contributed by atoms with E-state index in [-0.39, 0.29) is 0 Å². The number of halogens is 1.